The van der Waals surface area contributed by atoms with Gasteiger partial charge in [-0.25, -0.2) is 4.98 Å². The summed E-state index contributed by atoms with van der Waals surface area (Å²) in [5.41, 5.74) is 10.3. The van der Waals surface area contributed by atoms with Crippen LogP contribution < -0.4 is 0 Å². The van der Waals surface area contributed by atoms with Crippen LogP contribution in [0, 0.1) is 6.92 Å². The van der Waals surface area contributed by atoms with Gasteiger partial charge in [-0.1, -0.05) is 87.4 Å². The summed E-state index contributed by atoms with van der Waals surface area (Å²) in [6, 6.07) is 32.7. The number of imidazole rings is 1. The van der Waals surface area contributed by atoms with E-state index in [1.54, 1.807) is 0 Å². The lowest BCUT2D eigenvalue weighted by atomic mass is 9.98. The van der Waals surface area contributed by atoms with Crippen molar-refractivity contribution in [3.8, 4) is 17.1 Å². The first kappa shape index (κ1) is 23.7. The number of hydrogen-bond acceptors (Lipinski definition) is 2. The fraction of sp³-hybridized carbons (Fsp3) is 0.194. The highest BCUT2D eigenvalue weighted by molar-refractivity contribution is 6.11. The van der Waals surface area contributed by atoms with Gasteiger partial charge in [0.05, 0.1) is 16.7 Å². The van der Waals surface area contributed by atoms with E-state index >= 15 is 0 Å². The van der Waals surface area contributed by atoms with Gasteiger partial charge in [-0.15, -0.1) is 0 Å². The highest BCUT2D eigenvalue weighted by atomic mass is 16.3. The second kappa shape index (κ2) is 9.43. The van der Waals surface area contributed by atoms with Gasteiger partial charge in [-0.2, -0.15) is 0 Å². The Balaban J connectivity index is 1.53. The standard InChI is InChI=1S/C36H32N2O/c1-4-11-24-15-10-16-25(12-5-2)34(24)38-32-18-9-8-17-31(32)37-36(38)28-19-20-29-30-21-26-13-6-7-14-27(26)22-33(30)39-35(29)23(28)3/h6-10,13-22H,4-5,11-12H2,1-3H3. The van der Waals surface area contributed by atoms with Gasteiger partial charge in [0.25, 0.3) is 0 Å². The van der Waals surface area contributed by atoms with Crippen molar-refractivity contribution in [2.24, 2.45) is 0 Å². The molecule has 192 valence electrons. The summed E-state index contributed by atoms with van der Waals surface area (Å²) in [5, 5.41) is 4.73. The zero-order chi connectivity index (χ0) is 26.5. The zero-order valence-corrected chi connectivity index (χ0v) is 22.8. The lowest BCUT2D eigenvalue weighted by Crippen LogP contribution is -2.07. The summed E-state index contributed by atoms with van der Waals surface area (Å²) in [6.07, 6.45) is 4.27. The van der Waals surface area contributed by atoms with E-state index in [1.807, 2.05) is 0 Å². The molecule has 0 radical (unpaired) electrons. The van der Waals surface area contributed by atoms with Gasteiger partial charge < -0.3 is 4.42 Å². The number of fused-ring (bicyclic) bond motifs is 5. The second-order valence-corrected chi connectivity index (χ2v) is 10.6. The maximum Gasteiger partial charge on any atom is 0.146 e. The predicted octanol–water partition coefficient (Wildman–Crippen LogP) is 9.96. The van der Waals surface area contributed by atoms with Crippen LogP contribution in [0.3, 0.4) is 0 Å². The van der Waals surface area contributed by atoms with Crippen LogP contribution >= 0.6 is 0 Å². The van der Waals surface area contributed by atoms with Crippen LogP contribution in [0.25, 0.3) is 60.8 Å². The first-order valence-corrected chi connectivity index (χ1v) is 14.1. The maximum atomic E-state index is 6.56. The molecule has 0 bridgehead atoms. The SMILES string of the molecule is CCCc1cccc(CCC)c1-n1c(-c2ccc3c(oc4cc5ccccc5cc43)c2C)nc2ccccc21. The summed E-state index contributed by atoms with van der Waals surface area (Å²) in [4.78, 5) is 5.25. The number of furan rings is 1. The molecule has 3 nitrogen and oxygen atoms in total. The lowest BCUT2D eigenvalue weighted by Gasteiger charge is -2.19. The Kier molecular flexibility index (Phi) is 5.73. The zero-order valence-electron chi connectivity index (χ0n) is 22.8. The van der Waals surface area contributed by atoms with E-state index in [2.05, 4.69) is 116 Å². The quantitative estimate of drug-likeness (QED) is 0.224. The molecule has 0 spiro atoms. The Morgan fingerprint density at radius 2 is 1.41 bits per heavy atom. The molecule has 0 aliphatic carbocycles. The van der Waals surface area contributed by atoms with Gasteiger partial charge >= 0.3 is 0 Å². The molecule has 0 aliphatic heterocycles. The molecule has 39 heavy (non-hydrogen) atoms. The van der Waals surface area contributed by atoms with Gasteiger partial charge in [0.2, 0.25) is 0 Å². The fourth-order valence-corrected chi connectivity index (χ4v) is 6.21. The monoisotopic (exact) mass is 508 g/mol. The van der Waals surface area contributed by atoms with Crippen LogP contribution in [-0.2, 0) is 12.8 Å². The third-order valence-corrected chi connectivity index (χ3v) is 8.02. The Bertz CT molecular complexity index is 1980. The molecule has 0 amide bonds. The Labute approximate surface area is 228 Å². The van der Waals surface area contributed by atoms with Crippen molar-refractivity contribution in [1.82, 2.24) is 9.55 Å². The summed E-state index contributed by atoms with van der Waals surface area (Å²) in [6.45, 7) is 6.69. The van der Waals surface area contributed by atoms with Crippen molar-refractivity contribution in [2.45, 2.75) is 46.5 Å². The van der Waals surface area contributed by atoms with E-state index in [-0.39, 0.29) is 0 Å². The molecule has 0 N–H and O–H groups in total. The van der Waals surface area contributed by atoms with Crippen LogP contribution in [0.5, 0.6) is 0 Å². The summed E-state index contributed by atoms with van der Waals surface area (Å²) in [7, 11) is 0. The molecule has 0 fully saturated rings. The molecule has 0 saturated carbocycles. The normalized spacial score (nSPS) is 11.9. The summed E-state index contributed by atoms with van der Waals surface area (Å²) < 4.78 is 8.97. The van der Waals surface area contributed by atoms with Crippen molar-refractivity contribution in [1.29, 1.82) is 0 Å². The van der Waals surface area contributed by atoms with Gasteiger partial charge in [0.1, 0.15) is 17.0 Å². The number of hydrogen-bond donors (Lipinski definition) is 0. The highest BCUT2D eigenvalue weighted by Gasteiger charge is 2.22. The van der Waals surface area contributed by atoms with Crippen molar-refractivity contribution in [2.75, 3.05) is 0 Å². The van der Waals surface area contributed by atoms with Crippen LogP contribution in [-0.4, -0.2) is 9.55 Å². The number of aromatic nitrogens is 2. The largest absolute Gasteiger partial charge is 0.456 e. The minimum atomic E-state index is 0.927. The van der Waals surface area contributed by atoms with Gasteiger partial charge in [-0.05, 0) is 72.0 Å². The topological polar surface area (TPSA) is 31.0 Å². The molecule has 0 saturated heterocycles. The van der Waals surface area contributed by atoms with Gasteiger partial charge in [0.15, 0.2) is 0 Å². The molecule has 2 heterocycles. The van der Waals surface area contributed by atoms with E-state index in [1.165, 1.54) is 27.6 Å². The lowest BCUT2D eigenvalue weighted by molar-refractivity contribution is 0.666. The maximum absolute atomic E-state index is 6.56. The first-order chi connectivity index (χ1) is 19.2. The number of aryl methyl sites for hydroxylation is 3. The fourth-order valence-electron chi connectivity index (χ4n) is 6.21. The van der Waals surface area contributed by atoms with Gasteiger partial charge in [-0.3, -0.25) is 4.57 Å². The van der Waals surface area contributed by atoms with Crippen LogP contribution in [0.4, 0.5) is 0 Å². The molecule has 7 rings (SSSR count). The van der Waals surface area contributed by atoms with E-state index in [0.29, 0.717) is 0 Å². The number of benzene rings is 5. The van der Waals surface area contributed by atoms with Crippen molar-refractivity contribution in [3.05, 3.63) is 108 Å². The molecule has 7 aromatic rings. The molecule has 2 aromatic heterocycles. The Morgan fingerprint density at radius 1 is 0.718 bits per heavy atom. The first-order valence-electron chi connectivity index (χ1n) is 14.1. The molecule has 0 atom stereocenters. The average Bonchev–Trinajstić information content (AvgIpc) is 3.51. The number of nitrogens with zero attached hydrogens (tertiary/aromatic N) is 2. The van der Waals surface area contributed by atoms with E-state index in [4.69, 9.17) is 9.40 Å². The van der Waals surface area contributed by atoms with Crippen LogP contribution in [0.1, 0.15) is 43.4 Å². The van der Waals surface area contributed by atoms with Crippen molar-refractivity contribution >= 4 is 43.7 Å². The van der Waals surface area contributed by atoms with E-state index in [0.717, 1.165) is 75.6 Å². The van der Waals surface area contributed by atoms with Crippen molar-refractivity contribution < 1.29 is 4.42 Å². The minimum absolute atomic E-state index is 0.927. The molecule has 0 aliphatic rings. The number of para-hydroxylation sites is 3. The molecular formula is C36H32N2O. The van der Waals surface area contributed by atoms with Crippen molar-refractivity contribution in [3.63, 3.8) is 0 Å². The molecular weight excluding hydrogens is 476 g/mol. The van der Waals surface area contributed by atoms with E-state index < -0.39 is 0 Å². The smallest absolute Gasteiger partial charge is 0.146 e. The predicted molar refractivity (Wildman–Crippen MR) is 164 cm³/mol. The molecule has 0 unspecified atom stereocenters. The van der Waals surface area contributed by atoms with Crippen LogP contribution in [0.2, 0.25) is 0 Å². The average molecular weight is 509 g/mol. The third kappa shape index (κ3) is 3.76. The van der Waals surface area contributed by atoms with Gasteiger partial charge in [0, 0.05) is 21.9 Å². The summed E-state index contributed by atoms with van der Waals surface area (Å²) in [5.74, 6) is 0.974. The molecule has 5 aromatic carbocycles. The second-order valence-electron chi connectivity index (χ2n) is 10.6. The Hall–Kier alpha value is -4.37. The third-order valence-electron chi connectivity index (χ3n) is 8.02. The number of rotatable bonds is 6. The summed E-state index contributed by atoms with van der Waals surface area (Å²) >= 11 is 0. The molecule has 3 heteroatoms. The minimum Gasteiger partial charge on any atom is -0.456 e. The van der Waals surface area contributed by atoms with E-state index in [9.17, 15) is 0 Å². The van der Waals surface area contributed by atoms with Crippen LogP contribution in [0.15, 0.2) is 95.4 Å². The Morgan fingerprint density at radius 3 is 2.15 bits per heavy atom. The highest BCUT2D eigenvalue weighted by Crippen LogP contribution is 2.40.